The summed E-state index contributed by atoms with van der Waals surface area (Å²) in [4.78, 5) is 4.65. The number of hydrogen-bond acceptors (Lipinski definition) is 3. The van der Waals surface area contributed by atoms with Gasteiger partial charge in [0, 0.05) is 25.5 Å². The number of imidazole rings is 1. The van der Waals surface area contributed by atoms with E-state index in [4.69, 9.17) is 0 Å². The fourth-order valence-electron chi connectivity index (χ4n) is 3.01. The van der Waals surface area contributed by atoms with E-state index in [1.807, 2.05) is 18.7 Å². The standard InChI is InChI=1S/C15H23N5/c1-4-13-14(10-19(3)18-13)20-9-11(2)16-15(20)17-12-7-5-6-8-12/h9-10,12H,4-8H2,1-3H3,(H,16,17). The lowest BCUT2D eigenvalue weighted by atomic mass is 10.2. The number of hydrogen-bond donors (Lipinski definition) is 1. The number of rotatable bonds is 4. The van der Waals surface area contributed by atoms with E-state index >= 15 is 0 Å². The molecule has 2 heterocycles. The monoisotopic (exact) mass is 273 g/mol. The Morgan fingerprint density at radius 3 is 2.75 bits per heavy atom. The summed E-state index contributed by atoms with van der Waals surface area (Å²) in [7, 11) is 1.97. The van der Waals surface area contributed by atoms with E-state index in [9.17, 15) is 0 Å². The van der Waals surface area contributed by atoms with Gasteiger partial charge in [0.2, 0.25) is 5.95 Å². The molecule has 1 aliphatic carbocycles. The van der Waals surface area contributed by atoms with E-state index in [1.54, 1.807) is 0 Å². The Morgan fingerprint density at radius 1 is 1.30 bits per heavy atom. The van der Waals surface area contributed by atoms with Crippen LogP contribution in [0, 0.1) is 6.92 Å². The van der Waals surface area contributed by atoms with E-state index in [2.05, 4.69) is 39.3 Å². The van der Waals surface area contributed by atoms with Gasteiger partial charge in [0.25, 0.3) is 0 Å². The highest BCUT2D eigenvalue weighted by molar-refractivity contribution is 5.45. The summed E-state index contributed by atoms with van der Waals surface area (Å²) in [6.07, 6.45) is 10.2. The fourth-order valence-corrected chi connectivity index (χ4v) is 3.01. The molecule has 5 nitrogen and oxygen atoms in total. The van der Waals surface area contributed by atoms with Crippen molar-refractivity contribution in [2.75, 3.05) is 5.32 Å². The van der Waals surface area contributed by atoms with Crippen LogP contribution in [0.2, 0.25) is 0 Å². The molecule has 2 aromatic heterocycles. The molecule has 0 amide bonds. The second kappa shape index (κ2) is 5.31. The predicted octanol–water partition coefficient (Wildman–Crippen LogP) is 2.83. The molecule has 1 N–H and O–H groups in total. The van der Waals surface area contributed by atoms with E-state index < -0.39 is 0 Å². The van der Waals surface area contributed by atoms with Gasteiger partial charge in [-0.3, -0.25) is 9.25 Å². The predicted molar refractivity (Wildman–Crippen MR) is 80.3 cm³/mol. The summed E-state index contributed by atoms with van der Waals surface area (Å²) in [5, 5.41) is 8.13. The largest absolute Gasteiger partial charge is 0.353 e. The first kappa shape index (κ1) is 13.2. The summed E-state index contributed by atoms with van der Waals surface area (Å²) >= 11 is 0. The summed E-state index contributed by atoms with van der Waals surface area (Å²) in [6, 6.07) is 0.567. The molecule has 0 spiro atoms. The van der Waals surface area contributed by atoms with Crippen LogP contribution in [0.25, 0.3) is 5.69 Å². The number of nitrogens with one attached hydrogen (secondary N) is 1. The van der Waals surface area contributed by atoms with E-state index in [-0.39, 0.29) is 0 Å². The molecule has 20 heavy (non-hydrogen) atoms. The Kier molecular flexibility index (Phi) is 3.51. The average molecular weight is 273 g/mol. The summed E-state index contributed by atoms with van der Waals surface area (Å²) in [5.74, 6) is 0.956. The van der Waals surface area contributed by atoms with E-state index in [0.717, 1.165) is 29.4 Å². The fraction of sp³-hybridized carbons (Fsp3) is 0.600. The number of anilines is 1. The number of aromatic nitrogens is 4. The zero-order chi connectivity index (χ0) is 14.1. The minimum Gasteiger partial charge on any atom is -0.353 e. The molecular formula is C15H23N5. The maximum absolute atomic E-state index is 4.65. The molecule has 0 aromatic carbocycles. The smallest absolute Gasteiger partial charge is 0.208 e. The molecule has 1 saturated carbocycles. The van der Waals surface area contributed by atoms with Crippen molar-refractivity contribution < 1.29 is 0 Å². The van der Waals surface area contributed by atoms with Crippen molar-refractivity contribution in [2.45, 2.75) is 52.0 Å². The van der Waals surface area contributed by atoms with Crippen LogP contribution in [0.15, 0.2) is 12.4 Å². The summed E-state index contributed by atoms with van der Waals surface area (Å²) in [5.41, 5.74) is 3.28. The SMILES string of the molecule is CCc1nn(C)cc1-n1cc(C)nc1NC1CCCC1. The van der Waals surface area contributed by atoms with Crippen LogP contribution >= 0.6 is 0 Å². The van der Waals surface area contributed by atoms with Crippen LogP contribution in [-0.2, 0) is 13.5 Å². The van der Waals surface area contributed by atoms with Crippen molar-refractivity contribution in [3.63, 3.8) is 0 Å². The Balaban J connectivity index is 1.95. The van der Waals surface area contributed by atoms with Crippen LogP contribution < -0.4 is 5.32 Å². The molecule has 0 radical (unpaired) electrons. The lowest BCUT2D eigenvalue weighted by molar-refractivity contribution is 0.740. The van der Waals surface area contributed by atoms with Crippen molar-refractivity contribution in [3.05, 3.63) is 23.8 Å². The first-order valence-corrected chi connectivity index (χ1v) is 7.52. The van der Waals surface area contributed by atoms with Crippen LogP contribution in [-0.4, -0.2) is 25.4 Å². The first-order valence-electron chi connectivity index (χ1n) is 7.52. The molecule has 0 aliphatic heterocycles. The number of aryl methyl sites for hydroxylation is 3. The topological polar surface area (TPSA) is 47.7 Å². The Bertz CT molecular complexity index is 589. The third-order valence-corrected chi connectivity index (χ3v) is 3.99. The zero-order valence-electron chi connectivity index (χ0n) is 12.6. The van der Waals surface area contributed by atoms with Crippen molar-refractivity contribution in [1.82, 2.24) is 19.3 Å². The maximum atomic E-state index is 4.65. The van der Waals surface area contributed by atoms with E-state index in [1.165, 1.54) is 25.7 Å². The third kappa shape index (κ3) is 2.44. The normalized spacial score (nSPS) is 15.9. The van der Waals surface area contributed by atoms with Crippen molar-refractivity contribution in [2.24, 2.45) is 7.05 Å². The lowest BCUT2D eigenvalue weighted by Crippen LogP contribution is -2.17. The van der Waals surface area contributed by atoms with Gasteiger partial charge < -0.3 is 5.32 Å². The molecule has 1 fully saturated rings. The van der Waals surface area contributed by atoms with E-state index in [0.29, 0.717) is 6.04 Å². The Morgan fingerprint density at radius 2 is 2.05 bits per heavy atom. The first-order chi connectivity index (χ1) is 9.67. The van der Waals surface area contributed by atoms with Crippen molar-refractivity contribution in [1.29, 1.82) is 0 Å². The van der Waals surface area contributed by atoms with Gasteiger partial charge >= 0.3 is 0 Å². The van der Waals surface area contributed by atoms with Crippen LogP contribution in [0.3, 0.4) is 0 Å². The second-order valence-corrected chi connectivity index (χ2v) is 5.69. The quantitative estimate of drug-likeness (QED) is 0.932. The molecule has 0 bridgehead atoms. The highest BCUT2D eigenvalue weighted by Gasteiger charge is 2.19. The average Bonchev–Trinajstić information content (AvgIpc) is 3.10. The van der Waals surface area contributed by atoms with Gasteiger partial charge in [-0.1, -0.05) is 19.8 Å². The molecule has 5 heteroatoms. The molecule has 2 aromatic rings. The highest BCUT2D eigenvalue weighted by atomic mass is 15.3. The van der Waals surface area contributed by atoms with Gasteiger partial charge in [-0.25, -0.2) is 4.98 Å². The molecule has 0 unspecified atom stereocenters. The van der Waals surface area contributed by atoms with Gasteiger partial charge in [0.1, 0.15) is 0 Å². The van der Waals surface area contributed by atoms with Gasteiger partial charge in [0.15, 0.2) is 0 Å². The van der Waals surface area contributed by atoms with Gasteiger partial charge in [-0.15, -0.1) is 0 Å². The molecule has 0 atom stereocenters. The van der Waals surface area contributed by atoms with Gasteiger partial charge in [-0.2, -0.15) is 5.10 Å². The lowest BCUT2D eigenvalue weighted by Gasteiger charge is -2.14. The highest BCUT2D eigenvalue weighted by Crippen LogP contribution is 2.25. The van der Waals surface area contributed by atoms with Crippen LogP contribution in [0.5, 0.6) is 0 Å². The Hall–Kier alpha value is -1.78. The third-order valence-electron chi connectivity index (χ3n) is 3.99. The number of nitrogens with zero attached hydrogens (tertiary/aromatic N) is 4. The zero-order valence-corrected chi connectivity index (χ0v) is 12.6. The van der Waals surface area contributed by atoms with Crippen LogP contribution in [0.4, 0.5) is 5.95 Å². The molecular weight excluding hydrogens is 250 g/mol. The minimum absolute atomic E-state index is 0.567. The summed E-state index contributed by atoms with van der Waals surface area (Å²) < 4.78 is 4.03. The second-order valence-electron chi connectivity index (χ2n) is 5.69. The Labute approximate surface area is 120 Å². The van der Waals surface area contributed by atoms with Gasteiger partial charge in [0.05, 0.1) is 17.1 Å². The van der Waals surface area contributed by atoms with Crippen molar-refractivity contribution >= 4 is 5.95 Å². The van der Waals surface area contributed by atoms with Crippen molar-refractivity contribution in [3.8, 4) is 5.69 Å². The molecule has 1 aliphatic rings. The maximum Gasteiger partial charge on any atom is 0.208 e. The van der Waals surface area contributed by atoms with Gasteiger partial charge in [-0.05, 0) is 26.2 Å². The molecule has 0 saturated heterocycles. The molecule has 108 valence electrons. The molecule has 3 rings (SSSR count). The van der Waals surface area contributed by atoms with Crippen LogP contribution in [0.1, 0.15) is 44.0 Å². The minimum atomic E-state index is 0.567. The summed E-state index contributed by atoms with van der Waals surface area (Å²) in [6.45, 7) is 4.18.